The van der Waals surface area contributed by atoms with E-state index in [1.165, 1.54) is 58.3 Å². The van der Waals surface area contributed by atoms with Crippen molar-refractivity contribution in [1.82, 2.24) is 20.1 Å². The molecule has 1 N–H and O–H groups in total. The molecule has 0 atom stereocenters. The number of hydrogen-bond donors (Lipinski definition) is 1. The van der Waals surface area contributed by atoms with Crippen LogP contribution in [-0.2, 0) is 0 Å². The molecular formula is C23H37N5O. The van der Waals surface area contributed by atoms with Crippen LogP contribution in [0.1, 0.15) is 55.9 Å². The molecule has 0 radical (unpaired) electrons. The van der Waals surface area contributed by atoms with E-state index in [2.05, 4.69) is 33.0 Å². The lowest BCUT2D eigenvalue weighted by Crippen LogP contribution is -2.46. The number of aromatic nitrogens is 1. The number of pyridine rings is 1. The highest BCUT2D eigenvalue weighted by molar-refractivity contribution is 5.92. The van der Waals surface area contributed by atoms with Crippen molar-refractivity contribution < 1.29 is 4.79 Å². The lowest BCUT2D eigenvalue weighted by molar-refractivity contribution is 0.0947. The van der Waals surface area contributed by atoms with E-state index in [1.807, 2.05) is 12.1 Å². The van der Waals surface area contributed by atoms with Crippen LogP contribution < -0.4 is 10.2 Å². The first-order valence-corrected chi connectivity index (χ1v) is 11.7. The van der Waals surface area contributed by atoms with E-state index in [1.54, 1.807) is 0 Å². The zero-order valence-corrected chi connectivity index (χ0v) is 18.0. The van der Waals surface area contributed by atoms with Crippen molar-refractivity contribution in [3.8, 4) is 0 Å². The summed E-state index contributed by atoms with van der Waals surface area (Å²) in [5.74, 6) is 1.60. The van der Waals surface area contributed by atoms with Gasteiger partial charge in [0.1, 0.15) is 11.5 Å². The number of carbonyl (C=O) groups is 1. The van der Waals surface area contributed by atoms with E-state index in [-0.39, 0.29) is 5.91 Å². The smallest absolute Gasteiger partial charge is 0.269 e. The van der Waals surface area contributed by atoms with Crippen LogP contribution in [0.3, 0.4) is 0 Å². The Hall–Kier alpha value is -1.66. The third kappa shape index (κ3) is 5.70. The number of carbonyl (C=O) groups excluding carboxylic acids is 1. The van der Waals surface area contributed by atoms with Gasteiger partial charge in [0.25, 0.3) is 5.91 Å². The molecule has 4 rings (SSSR count). The molecule has 6 heteroatoms. The van der Waals surface area contributed by atoms with Crippen LogP contribution >= 0.6 is 0 Å². The molecule has 0 spiro atoms. The number of nitrogens with one attached hydrogen (secondary N) is 1. The van der Waals surface area contributed by atoms with Gasteiger partial charge in [-0.15, -0.1) is 0 Å². The molecule has 3 heterocycles. The van der Waals surface area contributed by atoms with Crippen LogP contribution in [0.4, 0.5) is 5.82 Å². The maximum atomic E-state index is 12.4. The first kappa shape index (κ1) is 20.6. The largest absolute Gasteiger partial charge is 0.355 e. The summed E-state index contributed by atoms with van der Waals surface area (Å²) >= 11 is 0. The molecule has 0 aromatic carbocycles. The minimum Gasteiger partial charge on any atom is -0.355 e. The van der Waals surface area contributed by atoms with E-state index in [4.69, 9.17) is 4.98 Å². The number of piperidine rings is 1. The van der Waals surface area contributed by atoms with Crippen LogP contribution in [-0.4, -0.2) is 79.1 Å². The third-order valence-electron chi connectivity index (χ3n) is 6.68. The van der Waals surface area contributed by atoms with Gasteiger partial charge in [-0.2, -0.15) is 0 Å². The van der Waals surface area contributed by atoms with Crippen molar-refractivity contribution in [2.24, 2.45) is 5.92 Å². The quantitative estimate of drug-likeness (QED) is 0.764. The van der Waals surface area contributed by atoms with Crippen molar-refractivity contribution in [2.75, 3.05) is 57.3 Å². The van der Waals surface area contributed by atoms with Crippen LogP contribution in [0.25, 0.3) is 0 Å². The predicted octanol–water partition coefficient (Wildman–Crippen LogP) is 2.61. The monoisotopic (exact) mass is 399 g/mol. The highest BCUT2D eigenvalue weighted by atomic mass is 16.1. The summed E-state index contributed by atoms with van der Waals surface area (Å²) in [6.45, 7) is 11.1. The lowest BCUT2D eigenvalue weighted by atomic mass is 10.0. The van der Waals surface area contributed by atoms with Gasteiger partial charge in [-0.3, -0.25) is 9.69 Å². The number of amides is 1. The van der Waals surface area contributed by atoms with Gasteiger partial charge in [-0.25, -0.2) is 4.98 Å². The Labute approximate surface area is 175 Å². The van der Waals surface area contributed by atoms with Crippen molar-refractivity contribution >= 4 is 11.7 Å². The van der Waals surface area contributed by atoms with Gasteiger partial charge in [0.05, 0.1) is 0 Å². The van der Waals surface area contributed by atoms with Crippen LogP contribution in [0.15, 0.2) is 18.2 Å². The van der Waals surface area contributed by atoms with Gasteiger partial charge in [0.2, 0.25) is 0 Å². The van der Waals surface area contributed by atoms with Gasteiger partial charge in [-0.05, 0) is 76.2 Å². The fourth-order valence-corrected chi connectivity index (χ4v) is 4.73. The second-order valence-electron chi connectivity index (χ2n) is 8.98. The van der Waals surface area contributed by atoms with Gasteiger partial charge >= 0.3 is 0 Å². The molecule has 0 unspecified atom stereocenters. The molecule has 0 bridgehead atoms. The Bertz CT molecular complexity index is 669. The van der Waals surface area contributed by atoms with Gasteiger partial charge in [0, 0.05) is 38.8 Å². The van der Waals surface area contributed by atoms with E-state index in [0.29, 0.717) is 11.6 Å². The highest BCUT2D eigenvalue weighted by Gasteiger charge is 2.26. The summed E-state index contributed by atoms with van der Waals surface area (Å²) in [4.78, 5) is 24.8. The highest BCUT2D eigenvalue weighted by Crippen LogP contribution is 2.27. The summed E-state index contributed by atoms with van der Waals surface area (Å²) in [6, 6.07) is 6.59. The molecule has 1 aromatic rings. The van der Waals surface area contributed by atoms with Crippen molar-refractivity contribution in [1.29, 1.82) is 0 Å². The van der Waals surface area contributed by atoms with E-state index in [9.17, 15) is 4.79 Å². The average Bonchev–Trinajstić information content (AvgIpc) is 3.60. The average molecular weight is 400 g/mol. The summed E-state index contributed by atoms with van der Waals surface area (Å²) in [7, 11) is 0. The molecule has 3 fully saturated rings. The van der Waals surface area contributed by atoms with E-state index >= 15 is 0 Å². The number of likely N-dealkylation sites (tertiary alicyclic amines) is 1. The zero-order chi connectivity index (χ0) is 20.1. The molecule has 29 heavy (non-hydrogen) atoms. The number of nitrogens with zero attached hydrogens (tertiary/aromatic N) is 4. The maximum absolute atomic E-state index is 12.4. The molecule has 1 aromatic heterocycles. The van der Waals surface area contributed by atoms with Gasteiger partial charge in [0.15, 0.2) is 0 Å². The van der Waals surface area contributed by atoms with Crippen molar-refractivity contribution in [2.45, 2.75) is 51.5 Å². The van der Waals surface area contributed by atoms with Crippen LogP contribution in [0.2, 0.25) is 0 Å². The number of hydrogen-bond acceptors (Lipinski definition) is 5. The second kappa shape index (κ2) is 9.90. The minimum absolute atomic E-state index is 0.0333. The third-order valence-corrected chi connectivity index (χ3v) is 6.68. The topological polar surface area (TPSA) is 51.7 Å². The molecule has 1 saturated carbocycles. The first-order valence-electron chi connectivity index (χ1n) is 11.7. The van der Waals surface area contributed by atoms with Crippen LogP contribution in [0, 0.1) is 5.92 Å². The molecule has 1 aliphatic carbocycles. The van der Waals surface area contributed by atoms with Crippen molar-refractivity contribution in [3.05, 3.63) is 23.9 Å². The van der Waals surface area contributed by atoms with Gasteiger partial charge < -0.3 is 15.1 Å². The second-order valence-corrected chi connectivity index (χ2v) is 8.98. The fourth-order valence-electron chi connectivity index (χ4n) is 4.73. The van der Waals surface area contributed by atoms with Gasteiger partial charge in [-0.1, -0.05) is 13.0 Å². The first-order chi connectivity index (χ1) is 14.2. The Morgan fingerprint density at radius 2 is 1.90 bits per heavy atom. The van der Waals surface area contributed by atoms with Crippen LogP contribution in [0.5, 0.6) is 0 Å². The Morgan fingerprint density at radius 1 is 1.07 bits per heavy atom. The zero-order valence-electron chi connectivity index (χ0n) is 18.0. The molecule has 3 aliphatic rings. The summed E-state index contributed by atoms with van der Waals surface area (Å²) in [5.41, 5.74) is 0.549. The van der Waals surface area contributed by atoms with E-state index < -0.39 is 0 Å². The fraction of sp³-hybridized carbons (Fsp3) is 0.739. The summed E-state index contributed by atoms with van der Waals surface area (Å²) < 4.78 is 0. The Morgan fingerprint density at radius 3 is 2.66 bits per heavy atom. The van der Waals surface area contributed by atoms with Crippen molar-refractivity contribution in [3.63, 3.8) is 0 Å². The lowest BCUT2D eigenvalue weighted by Gasteiger charge is -2.38. The molecule has 1 amide bonds. The Balaban J connectivity index is 1.30. The number of anilines is 1. The molecule has 2 aliphatic heterocycles. The summed E-state index contributed by atoms with van der Waals surface area (Å²) in [6.07, 6.45) is 7.51. The SMILES string of the molecule is CCCN1CCC(N2CCCN(c3cccc(C(=O)NCC4CC4)n3)CC2)CC1. The standard InChI is InChI=1S/C23H37N5O/c1-2-11-26-14-9-20(10-15-26)27-12-4-13-28(17-16-27)22-6-3-5-21(25-22)23(29)24-18-19-7-8-19/h3,5-6,19-20H,2,4,7-18H2,1H3,(H,24,29). The molecule has 160 valence electrons. The Kier molecular flexibility index (Phi) is 7.03. The normalized spacial score (nSPS) is 22.4. The number of rotatable bonds is 7. The maximum Gasteiger partial charge on any atom is 0.269 e. The minimum atomic E-state index is -0.0333. The molecule has 6 nitrogen and oxygen atoms in total. The predicted molar refractivity (Wildman–Crippen MR) is 117 cm³/mol. The molecule has 2 saturated heterocycles. The summed E-state index contributed by atoms with van der Waals surface area (Å²) in [5, 5.41) is 3.03. The molecular weight excluding hydrogens is 362 g/mol. The van der Waals surface area contributed by atoms with E-state index in [0.717, 1.165) is 44.5 Å².